The lowest BCUT2D eigenvalue weighted by Crippen LogP contribution is -2.29. The number of aryl methyl sites for hydroxylation is 1. The standard InChI is InChI=1S/C14H19N3O/c1-14(2)9-11(14)16-12(10-5-4-8-18-10)13-15-6-7-17(13)3/h4-8,11-12,16H,9H2,1-3H3. The molecule has 1 N–H and O–H groups in total. The van der Waals surface area contributed by atoms with Crippen LogP contribution >= 0.6 is 0 Å². The van der Waals surface area contributed by atoms with Gasteiger partial charge in [0.15, 0.2) is 0 Å². The zero-order valence-electron chi connectivity index (χ0n) is 11.1. The highest BCUT2D eigenvalue weighted by Crippen LogP contribution is 2.46. The Morgan fingerprint density at radius 3 is 2.83 bits per heavy atom. The van der Waals surface area contributed by atoms with Gasteiger partial charge < -0.3 is 8.98 Å². The Kier molecular flexibility index (Phi) is 2.55. The van der Waals surface area contributed by atoms with Gasteiger partial charge in [0.2, 0.25) is 0 Å². The minimum Gasteiger partial charge on any atom is -0.467 e. The normalized spacial score (nSPS) is 22.9. The van der Waals surface area contributed by atoms with Crippen molar-refractivity contribution >= 4 is 0 Å². The zero-order chi connectivity index (χ0) is 12.8. The van der Waals surface area contributed by atoms with Gasteiger partial charge in [0.25, 0.3) is 0 Å². The smallest absolute Gasteiger partial charge is 0.133 e. The van der Waals surface area contributed by atoms with Crippen LogP contribution in [-0.2, 0) is 7.05 Å². The molecular formula is C14H19N3O. The second-order valence-corrected chi connectivity index (χ2v) is 5.76. The van der Waals surface area contributed by atoms with Gasteiger partial charge >= 0.3 is 0 Å². The minimum atomic E-state index is 0.0341. The molecule has 4 heteroatoms. The largest absolute Gasteiger partial charge is 0.467 e. The summed E-state index contributed by atoms with van der Waals surface area (Å²) in [6, 6.07) is 4.49. The van der Waals surface area contributed by atoms with Crippen LogP contribution in [0.15, 0.2) is 35.2 Å². The SMILES string of the molecule is Cn1ccnc1C(NC1CC1(C)C)c1ccco1. The molecule has 2 aromatic heterocycles. The van der Waals surface area contributed by atoms with Crippen molar-refractivity contribution in [1.82, 2.24) is 14.9 Å². The van der Waals surface area contributed by atoms with Crippen LogP contribution in [0.25, 0.3) is 0 Å². The van der Waals surface area contributed by atoms with Crippen LogP contribution in [0.5, 0.6) is 0 Å². The molecule has 1 aliphatic rings. The molecule has 0 amide bonds. The van der Waals surface area contributed by atoms with E-state index in [1.165, 1.54) is 6.42 Å². The molecule has 2 aromatic rings. The second kappa shape index (κ2) is 3.99. The summed E-state index contributed by atoms with van der Waals surface area (Å²) in [6.07, 6.45) is 6.70. The molecule has 1 fully saturated rings. The van der Waals surface area contributed by atoms with Crippen molar-refractivity contribution < 1.29 is 4.42 Å². The third-order valence-corrected chi connectivity index (χ3v) is 3.83. The van der Waals surface area contributed by atoms with Crippen molar-refractivity contribution in [3.8, 4) is 0 Å². The van der Waals surface area contributed by atoms with E-state index in [1.54, 1.807) is 6.26 Å². The third kappa shape index (κ3) is 1.97. The predicted molar refractivity (Wildman–Crippen MR) is 69.1 cm³/mol. The van der Waals surface area contributed by atoms with Crippen LogP contribution in [-0.4, -0.2) is 15.6 Å². The Balaban J connectivity index is 1.88. The first-order valence-electron chi connectivity index (χ1n) is 6.34. The number of nitrogens with one attached hydrogen (secondary N) is 1. The van der Waals surface area contributed by atoms with Gasteiger partial charge in [0, 0.05) is 25.5 Å². The van der Waals surface area contributed by atoms with Crippen molar-refractivity contribution in [1.29, 1.82) is 0 Å². The second-order valence-electron chi connectivity index (χ2n) is 5.76. The topological polar surface area (TPSA) is 43.0 Å². The Bertz CT molecular complexity index is 527. The number of furan rings is 1. The summed E-state index contributed by atoms with van der Waals surface area (Å²) in [5.74, 6) is 1.92. The number of imidazole rings is 1. The van der Waals surface area contributed by atoms with Gasteiger partial charge in [-0.3, -0.25) is 5.32 Å². The van der Waals surface area contributed by atoms with E-state index in [4.69, 9.17) is 4.42 Å². The number of nitrogens with zero attached hydrogens (tertiary/aromatic N) is 2. The molecular weight excluding hydrogens is 226 g/mol. The number of hydrogen-bond acceptors (Lipinski definition) is 3. The number of rotatable bonds is 4. The van der Waals surface area contributed by atoms with E-state index in [0.717, 1.165) is 11.6 Å². The maximum atomic E-state index is 5.56. The van der Waals surface area contributed by atoms with Gasteiger partial charge in [0.05, 0.1) is 6.26 Å². The average Bonchev–Trinajstić information content (AvgIpc) is 2.81. The maximum absolute atomic E-state index is 5.56. The van der Waals surface area contributed by atoms with Crippen LogP contribution in [0.1, 0.15) is 37.9 Å². The van der Waals surface area contributed by atoms with Crippen molar-refractivity contribution in [2.75, 3.05) is 0 Å². The van der Waals surface area contributed by atoms with Gasteiger partial charge in [-0.15, -0.1) is 0 Å². The monoisotopic (exact) mass is 245 g/mol. The highest BCUT2D eigenvalue weighted by Gasteiger charge is 2.47. The lowest BCUT2D eigenvalue weighted by atomic mass is 10.1. The fourth-order valence-electron chi connectivity index (χ4n) is 2.35. The highest BCUT2D eigenvalue weighted by atomic mass is 16.3. The minimum absolute atomic E-state index is 0.0341. The molecule has 0 aromatic carbocycles. The van der Waals surface area contributed by atoms with E-state index in [-0.39, 0.29) is 6.04 Å². The zero-order valence-corrected chi connectivity index (χ0v) is 11.1. The molecule has 0 bridgehead atoms. The van der Waals surface area contributed by atoms with E-state index in [1.807, 2.05) is 36.1 Å². The first kappa shape index (κ1) is 11.5. The molecule has 2 atom stereocenters. The first-order valence-corrected chi connectivity index (χ1v) is 6.34. The van der Waals surface area contributed by atoms with E-state index < -0.39 is 0 Å². The van der Waals surface area contributed by atoms with Crippen molar-refractivity contribution in [3.63, 3.8) is 0 Å². The first-order chi connectivity index (χ1) is 8.58. The van der Waals surface area contributed by atoms with Crippen molar-refractivity contribution in [2.45, 2.75) is 32.4 Å². The average molecular weight is 245 g/mol. The molecule has 4 nitrogen and oxygen atoms in total. The van der Waals surface area contributed by atoms with Gasteiger partial charge in [0.1, 0.15) is 17.6 Å². The predicted octanol–water partition coefficient (Wildman–Crippen LogP) is 2.49. The van der Waals surface area contributed by atoms with Crippen LogP contribution in [0.2, 0.25) is 0 Å². The van der Waals surface area contributed by atoms with E-state index >= 15 is 0 Å². The molecule has 0 saturated heterocycles. The highest BCUT2D eigenvalue weighted by molar-refractivity contribution is 5.18. The molecule has 0 spiro atoms. The maximum Gasteiger partial charge on any atom is 0.133 e. The molecule has 18 heavy (non-hydrogen) atoms. The molecule has 2 heterocycles. The molecule has 2 unspecified atom stereocenters. The van der Waals surface area contributed by atoms with Crippen LogP contribution < -0.4 is 5.32 Å². The summed E-state index contributed by atoms with van der Waals surface area (Å²) < 4.78 is 7.59. The molecule has 1 aliphatic carbocycles. The van der Waals surface area contributed by atoms with E-state index in [2.05, 4.69) is 24.1 Å². The van der Waals surface area contributed by atoms with Crippen LogP contribution in [0.4, 0.5) is 0 Å². The summed E-state index contributed by atoms with van der Waals surface area (Å²) in [6.45, 7) is 4.56. The van der Waals surface area contributed by atoms with Crippen molar-refractivity contribution in [2.24, 2.45) is 12.5 Å². The van der Waals surface area contributed by atoms with Gasteiger partial charge in [-0.2, -0.15) is 0 Å². The fourth-order valence-corrected chi connectivity index (χ4v) is 2.35. The molecule has 96 valence electrons. The van der Waals surface area contributed by atoms with Crippen LogP contribution in [0, 0.1) is 5.41 Å². The van der Waals surface area contributed by atoms with E-state index in [0.29, 0.717) is 11.5 Å². The van der Waals surface area contributed by atoms with Gasteiger partial charge in [-0.1, -0.05) is 13.8 Å². The lowest BCUT2D eigenvalue weighted by Gasteiger charge is -2.17. The Morgan fingerprint density at radius 2 is 2.33 bits per heavy atom. The third-order valence-electron chi connectivity index (χ3n) is 3.83. The summed E-state index contributed by atoms with van der Waals surface area (Å²) in [5, 5.41) is 3.65. The fraction of sp³-hybridized carbons (Fsp3) is 0.500. The Morgan fingerprint density at radius 1 is 1.56 bits per heavy atom. The lowest BCUT2D eigenvalue weighted by molar-refractivity contribution is 0.409. The summed E-state index contributed by atoms with van der Waals surface area (Å²) >= 11 is 0. The van der Waals surface area contributed by atoms with Gasteiger partial charge in [-0.05, 0) is 24.0 Å². The Labute approximate surface area is 107 Å². The summed E-state index contributed by atoms with van der Waals surface area (Å²) in [4.78, 5) is 4.44. The molecule has 0 aliphatic heterocycles. The van der Waals surface area contributed by atoms with Crippen LogP contribution in [0.3, 0.4) is 0 Å². The molecule has 1 saturated carbocycles. The number of aromatic nitrogens is 2. The summed E-state index contributed by atoms with van der Waals surface area (Å²) in [7, 11) is 2.01. The Hall–Kier alpha value is -1.55. The molecule has 0 radical (unpaired) electrons. The molecule has 3 rings (SSSR count). The summed E-state index contributed by atoms with van der Waals surface area (Å²) in [5.41, 5.74) is 0.385. The van der Waals surface area contributed by atoms with E-state index in [9.17, 15) is 0 Å². The number of hydrogen-bond donors (Lipinski definition) is 1. The quantitative estimate of drug-likeness (QED) is 0.900. The van der Waals surface area contributed by atoms with Crippen molar-refractivity contribution in [3.05, 3.63) is 42.4 Å². The van der Waals surface area contributed by atoms with Gasteiger partial charge in [-0.25, -0.2) is 4.98 Å².